The predicted octanol–water partition coefficient (Wildman–Crippen LogP) is 3.60. The maximum atomic E-state index is 6.11. The molecule has 2 atom stereocenters. The first-order chi connectivity index (χ1) is 8.67. The van der Waals surface area contributed by atoms with Crippen molar-refractivity contribution in [2.45, 2.75) is 58.6 Å². The number of nitrogens with one attached hydrogen (secondary N) is 1. The summed E-state index contributed by atoms with van der Waals surface area (Å²) in [5.41, 5.74) is 2.56. The molecular formula is C16H25NO. The second-order valence-corrected chi connectivity index (χ2v) is 5.53. The molecule has 2 rings (SSSR count). The van der Waals surface area contributed by atoms with Crippen molar-refractivity contribution < 1.29 is 4.74 Å². The highest BCUT2D eigenvalue weighted by Crippen LogP contribution is 2.26. The van der Waals surface area contributed by atoms with Gasteiger partial charge in [0.25, 0.3) is 0 Å². The van der Waals surface area contributed by atoms with Gasteiger partial charge in [0.2, 0.25) is 0 Å². The molecule has 2 nitrogen and oxygen atoms in total. The van der Waals surface area contributed by atoms with Gasteiger partial charge in [0.05, 0.1) is 0 Å². The van der Waals surface area contributed by atoms with Crippen molar-refractivity contribution in [1.29, 1.82) is 0 Å². The molecule has 1 N–H and O–H groups in total. The van der Waals surface area contributed by atoms with Crippen molar-refractivity contribution in [3.05, 3.63) is 29.3 Å². The average Bonchev–Trinajstić information content (AvgIpc) is 2.72. The van der Waals surface area contributed by atoms with Crippen LogP contribution in [0.5, 0.6) is 5.75 Å². The molecule has 0 aromatic heterocycles. The van der Waals surface area contributed by atoms with Crippen LogP contribution in [0.4, 0.5) is 0 Å². The first-order valence-electron chi connectivity index (χ1n) is 7.15. The molecule has 1 aliphatic rings. The van der Waals surface area contributed by atoms with Crippen molar-refractivity contribution in [3.63, 3.8) is 0 Å². The summed E-state index contributed by atoms with van der Waals surface area (Å²) in [6.07, 6.45) is 5.16. The molecule has 100 valence electrons. The fraction of sp³-hybridized carbons (Fsp3) is 0.625. The maximum absolute atomic E-state index is 6.11. The minimum absolute atomic E-state index is 0.389. The van der Waals surface area contributed by atoms with Gasteiger partial charge < -0.3 is 10.1 Å². The highest BCUT2D eigenvalue weighted by atomic mass is 16.5. The van der Waals surface area contributed by atoms with Crippen LogP contribution in [0.2, 0.25) is 0 Å². The number of rotatable bonds is 5. The van der Waals surface area contributed by atoms with E-state index in [2.05, 4.69) is 44.3 Å². The second kappa shape index (κ2) is 6.24. The average molecular weight is 247 g/mol. The Hall–Kier alpha value is -1.02. The van der Waals surface area contributed by atoms with E-state index < -0.39 is 0 Å². The van der Waals surface area contributed by atoms with Gasteiger partial charge in [0.15, 0.2) is 0 Å². The van der Waals surface area contributed by atoms with E-state index in [-0.39, 0.29) is 0 Å². The van der Waals surface area contributed by atoms with Crippen LogP contribution >= 0.6 is 0 Å². The summed E-state index contributed by atoms with van der Waals surface area (Å²) in [5, 5.41) is 3.59. The number of benzene rings is 1. The second-order valence-electron chi connectivity index (χ2n) is 5.53. The van der Waals surface area contributed by atoms with E-state index in [1.165, 1.54) is 30.4 Å². The molecule has 1 fully saturated rings. The van der Waals surface area contributed by atoms with Crippen molar-refractivity contribution in [1.82, 2.24) is 5.32 Å². The first kappa shape index (κ1) is 13.4. The van der Waals surface area contributed by atoms with Gasteiger partial charge in [-0.3, -0.25) is 0 Å². The Morgan fingerprint density at radius 3 is 2.56 bits per heavy atom. The number of aryl methyl sites for hydroxylation is 2. The molecule has 2 heteroatoms. The van der Waals surface area contributed by atoms with E-state index in [1.54, 1.807) is 0 Å². The van der Waals surface area contributed by atoms with Gasteiger partial charge in [-0.2, -0.15) is 0 Å². The van der Waals surface area contributed by atoms with Crippen LogP contribution in [0.15, 0.2) is 18.2 Å². The molecular weight excluding hydrogens is 222 g/mol. The minimum atomic E-state index is 0.389. The van der Waals surface area contributed by atoms with E-state index in [0.717, 1.165) is 18.7 Å². The molecule has 0 radical (unpaired) electrons. The highest BCUT2D eigenvalue weighted by Gasteiger charge is 2.25. The highest BCUT2D eigenvalue weighted by molar-refractivity contribution is 5.33. The van der Waals surface area contributed by atoms with Gasteiger partial charge in [0.1, 0.15) is 11.9 Å². The predicted molar refractivity (Wildman–Crippen MR) is 76.3 cm³/mol. The van der Waals surface area contributed by atoms with Crippen LogP contribution in [0, 0.1) is 13.8 Å². The van der Waals surface area contributed by atoms with Gasteiger partial charge in [-0.25, -0.2) is 0 Å². The summed E-state index contributed by atoms with van der Waals surface area (Å²) in [7, 11) is 0. The van der Waals surface area contributed by atoms with E-state index in [4.69, 9.17) is 4.74 Å². The Balaban J connectivity index is 1.87. The molecule has 1 aromatic carbocycles. The smallest absolute Gasteiger partial charge is 0.120 e. The first-order valence-corrected chi connectivity index (χ1v) is 7.15. The van der Waals surface area contributed by atoms with Crippen LogP contribution in [-0.2, 0) is 0 Å². The molecule has 1 saturated carbocycles. The lowest BCUT2D eigenvalue weighted by molar-refractivity contribution is 0.206. The molecule has 0 saturated heterocycles. The van der Waals surface area contributed by atoms with Gasteiger partial charge in [0, 0.05) is 6.04 Å². The molecule has 0 spiro atoms. The molecule has 0 aliphatic heterocycles. The van der Waals surface area contributed by atoms with E-state index >= 15 is 0 Å². The number of hydrogen-bond acceptors (Lipinski definition) is 2. The summed E-state index contributed by atoms with van der Waals surface area (Å²) in [4.78, 5) is 0. The quantitative estimate of drug-likeness (QED) is 0.858. The number of ether oxygens (including phenoxy) is 1. The largest absolute Gasteiger partial charge is 0.490 e. The summed E-state index contributed by atoms with van der Waals surface area (Å²) in [6, 6.07) is 7.12. The Labute approximate surface area is 111 Å². The maximum Gasteiger partial charge on any atom is 0.120 e. The lowest BCUT2D eigenvalue weighted by atomic mass is 10.1. The lowest BCUT2D eigenvalue weighted by Crippen LogP contribution is -2.28. The standard InChI is InChI=1S/C16H25NO/c1-4-7-17-14-5-6-15(11-14)18-16-9-12(2)8-13(3)10-16/h8-10,14-15,17H,4-7,11H2,1-3H3. The van der Waals surface area contributed by atoms with Crippen molar-refractivity contribution in [2.75, 3.05) is 6.54 Å². The normalized spacial score (nSPS) is 23.3. The third-order valence-electron chi connectivity index (χ3n) is 3.57. The van der Waals surface area contributed by atoms with Crippen molar-refractivity contribution >= 4 is 0 Å². The molecule has 1 aromatic rings. The van der Waals surface area contributed by atoms with Gasteiger partial charge in [-0.15, -0.1) is 0 Å². The van der Waals surface area contributed by atoms with Crippen LogP contribution in [0.25, 0.3) is 0 Å². The zero-order chi connectivity index (χ0) is 13.0. The van der Waals surface area contributed by atoms with Gasteiger partial charge >= 0.3 is 0 Å². The van der Waals surface area contributed by atoms with Crippen molar-refractivity contribution in [2.24, 2.45) is 0 Å². The summed E-state index contributed by atoms with van der Waals surface area (Å²) < 4.78 is 6.11. The van der Waals surface area contributed by atoms with E-state index in [0.29, 0.717) is 12.1 Å². The summed E-state index contributed by atoms with van der Waals surface area (Å²) >= 11 is 0. The van der Waals surface area contributed by atoms with Crippen LogP contribution < -0.4 is 10.1 Å². The van der Waals surface area contributed by atoms with E-state index in [1.807, 2.05) is 0 Å². The minimum Gasteiger partial charge on any atom is -0.490 e. The summed E-state index contributed by atoms with van der Waals surface area (Å²) in [5.74, 6) is 1.04. The van der Waals surface area contributed by atoms with Gasteiger partial charge in [-0.05, 0) is 69.3 Å². The fourth-order valence-electron chi connectivity index (χ4n) is 2.77. The van der Waals surface area contributed by atoms with E-state index in [9.17, 15) is 0 Å². The zero-order valence-corrected chi connectivity index (χ0v) is 11.8. The third kappa shape index (κ3) is 3.74. The Morgan fingerprint density at radius 2 is 1.89 bits per heavy atom. The SMILES string of the molecule is CCCNC1CCC(Oc2cc(C)cc(C)c2)C1. The topological polar surface area (TPSA) is 21.3 Å². The molecule has 0 amide bonds. The Morgan fingerprint density at radius 1 is 1.17 bits per heavy atom. The van der Waals surface area contributed by atoms with Crippen LogP contribution in [-0.4, -0.2) is 18.7 Å². The van der Waals surface area contributed by atoms with Crippen LogP contribution in [0.1, 0.15) is 43.7 Å². The third-order valence-corrected chi connectivity index (χ3v) is 3.57. The van der Waals surface area contributed by atoms with Crippen molar-refractivity contribution in [3.8, 4) is 5.75 Å². The zero-order valence-electron chi connectivity index (χ0n) is 11.8. The molecule has 1 aliphatic carbocycles. The molecule has 0 heterocycles. The Bertz CT molecular complexity index is 368. The fourth-order valence-corrected chi connectivity index (χ4v) is 2.77. The molecule has 18 heavy (non-hydrogen) atoms. The molecule has 0 bridgehead atoms. The van der Waals surface area contributed by atoms with Gasteiger partial charge in [-0.1, -0.05) is 13.0 Å². The summed E-state index contributed by atoms with van der Waals surface area (Å²) in [6.45, 7) is 7.59. The number of hydrogen-bond donors (Lipinski definition) is 1. The monoisotopic (exact) mass is 247 g/mol. The van der Waals surface area contributed by atoms with Crippen LogP contribution in [0.3, 0.4) is 0 Å². The lowest BCUT2D eigenvalue weighted by Gasteiger charge is -2.16. The molecule has 2 unspecified atom stereocenters. The Kier molecular flexibility index (Phi) is 4.65.